The predicted molar refractivity (Wildman–Crippen MR) is 50.6 cm³/mol. The highest BCUT2D eigenvalue weighted by atomic mass is 16.5. The molecule has 0 fully saturated rings. The van der Waals surface area contributed by atoms with Crippen LogP contribution in [0.15, 0.2) is 4.99 Å². The van der Waals surface area contributed by atoms with Gasteiger partial charge in [0.15, 0.2) is 0 Å². The number of methoxy groups -OCH3 is 1. The van der Waals surface area contributed by atoms with E-state index in [4.69, 9.17) is 4.74 Å². The highest BCUT2D eigenvalue weighted by Crippen LogP contribution is 2.05. The minimum atomic E-state index is 0.763. The number of amidine groups is 1. The summed E-state index contributed by atoms with van der Waals surface area (Å²) < 4.78 is 4.95. The van der Waals surface area contributed by atoms with Gasteiger partial charge < -0.3 is 10.1 Å². The molecule has 0 saturated heterocycles. The largest absolute Gasteiger partial charge is 0.383 e. The Morgan fingerprint density at radius 2 is 2.33 bits per heavy atom. The van der Waals surface area contributed by atoms with Crippen molar-refractivity contribution in [2.75, 3.05) is 26.8 Å². The Kier molecular flexibility index (Phi) is 4.76. The van der Waals surface area contributed by atoms with E-state index in [1.165, 1.54) is 25.1 Å². The summed E-state index contributed by atoms with van der Waals surface area (Å²) in [4.78, 5) is 4.44. The van der Waals surface area contributed by atoms with Gasteiger partial charge in [-0.25, -0.2) is 0 Å². The topological polar surface area (TPSA) is 33.6 Å². The van der Waals surface area contributed by atoms with Gasteiger partial charge in [-0.05, 0) is 12.8 Å². The van der Waals surface area contributed by atoms with Crippen molar-refractivity contribution in [3.05, 3.63) is 0 Å². The van der Waals surface area contributed by atoms with E-state index in [9.17, 15) is 0 Å². The van der Waals surface area contributed by atoms with E-state index in [0.717, 1.165) is 26.1 Å². The second kappa shape index (κ2) is 6.00. The molecule has 0 aliphatic carbocycles. The van der Waals surface area contributed by atoms with Crippen molar-refractivity contribution in [3.63, 3.8) is 0 Å². The van der Waals surface area contributed by atoms with Gasteiger partial charge in [-0.2, -0.15) is 0 Å². The van der Waals surface area contributed by atoms with Crippen LogP contribution in [0.5, 0.6) is 0 Å². The molecule has 0 atom stereocenters. The van der Waals surface area contributed by atoms with E-state index in [0.29, 0.717) is 0 Å². The normalized spacial score (nSPS) is 18.2. The van der Waals surface area contributed by atoms with Crippen LogP contribution in [0.4, 0.5) is 0 Å². The lowest BCUT2D eigenvalue weighted by Crippen LogP contribution is -2.26. The minimum absolute atomic E-state index is 0.763. The summed E-state index contributed by atoms with van der Waals surface area (Å²) in [5.41, 5.74) is 0. The molecule has 0 bridgehead atoms. The zero-order valence-electron chi connectivity index (χ0n) is 7.81. The molecular weight excluding hydrogens is 152 g/mol. The van der Waals surface area contributed by atoms with Crippen molar-refractivity contribution < 1.29 is 4.74 Å². The fourth-order valence-corrected chi connectivity index (χ4v) is 1.32. The van der Waals surface area contributed by atoms with Crippen LogP contribution in [0, 0.1) is 0 Å². The van der Waals surface area contributed by atoms with Gasteiger partial charge in [0.1, 0.15) is 0 Å². The summed E-state index contributed by atoms with van der Waals surface area (Å²) in [5.74, 6) is 1.17. The predicted octanol–water partition coefficient (Wildman–Crippen LogP) is 1.19. The summed E-state index contributed by atoms with van der Waals surface area (Å²) in [6.07, 6.45) is 4.96. The number of rotatable bonds is 3. The fraction of sp³-hybridized carbons (Fsp3) is 0.889. The molecule has 0 aromatic rings. The second-order valence-corrected chi connectivity index (χ2v) is 3.06. The molecule has 1 aliphatic heterocycles. The van der Waals surface area contributed by atoms with E-state index >= 15 is 0 Å². The maximum atomic E-state index is 4.95. The SMILES string of the molecule is COCCNC1=NCCCCC1. The standard InChI is InChI=1S/C9H18N2O/c1-12-8-7-11-9-5-3-2-4-6-10-9/h2-8H2,1H3,(H,10,11). The smallest absolute Gasteiger partial charge is 0.0963 e. The third-order valence-electron chi connectivity index (χ3n) is 2.01. The van der Waals surface area contributed by atoms with E-state index in [2.05, 4.69) is 10.3 Å². The Labute approximate surface area is 74.2 Å². The van der Waals surface area contributed by atoms with E-state index in [-0.39, 0.29) is 0 Å². The van der Waals surface area contributed by atoms with E-state index < -0.39 is 0 Å². The zero-order chi connectivity index (χ0) is 8.65. The van der Waals surface area contributed by atoms with Crippen LogP contribution in [0.2, 0.25) is 0 Å². The monoisotopic (exact) mass is 170 g/mol. The average Bonchev–Trinajstić information content (AvgIpc) is 2.33. The molecule has 0 aromatic carbocycles. The Morgan fingerprint density at radius 1 is 1.42 bits per heavy atom. The lowest BCUT2D eigenvalue weighted by Gasteiger charge is -2.06. The second-order valence-electron chi connectivity index (χ2n) is 3.06. The molecule has 0 aromatic heterocycles. The molecule has 70 valence electrons. The van der Waals surface area contributed by atoms with Crippen LogP contribution in [0.3, 0.4) is 0 Å². The molecule has 0 spiro atoms. The molecule has 0 radical (unpaired) electrons. The van der Waals surface area contributed by atoms with Crippen molar-refractivity contribution in [3.8, 4) is 0 Å². The molecular formula is C9H18N2O. The first kappa shape index (κ1) is 9.52. The minimum Gasteiger partial charge on any atom is -0.383 e. The maximum Gasteiger partial charge on any atom is 0.0963 e. The first-order valence-electron chi connectivity index (χ1n) is 4.69. The Bertz CT molecular complexity index is 145. The van der Waals surface area contributed by atoms with E-state index in [1.807, 2.05) is 0 Å². The van der Waals surface area contributed by atoms with Gasteiger partial charge in [-0.15, -0.1) is 0 Å². The van der Waals surface area contributed by atoms with Crippen LogP contribution in [-0.2, 0) is 4.74 Å². The van der Waals surface area contributed by atoms with Crippen molar-refractivity contribution in [2.24, 2.45) is 4.99 Å². The molecule has 3 nitrogen and oxygen atoms in total. The number of aliphatic imine (C=N–C) groups is 1. The van der Waals surface area contributed by atoms with Gasteiger partial charge in [0.2, 0.25) is 0 Å². The van der Waals surface area contributed by atoms with Crippen LogP contribution in [-0.4, -0.2) is 32.6 Å². The van der Waals surface area contributed by atoms with Crippen LogP contribution in [0.25, 0.3) is 0 Å². The van der Waals surface area contributed by atoms with E-state index in [1.54, 1.807) is 7.11 Å². The van der Waals surface area contributed by atoms with Crippen molar-refractivity contribution >= 4 is 5.84 Å². The summed E-state index contributed by atoms with van der Waals surface area (Å²) in [7, 11) is 1.72. The Balaban J connectivity index is 2.15. The fourth-order valence-electron chi connectivity index (χ4n) is 1.32. The highest BCUT2D eigenvalue weighted by molar-refractivity contribution is 5.82. The molecule has 0 saturated carbocycles. The Morgan fingerprint density at radius 3 is 3.17 bits per heavy atom. The lowest BCUT2D eigenvalue weighted by atomic mass is 10.2. The van der Waals surface area contributed by atoms with Crippen molar-refractivity contribution in [1.82, 2.24) is 5.32 Å². The number of nitrogens with zero attached hydrogens (tertiary/aromatic N) is 1. The maximum absolute atomic E-state index is 4.95. The van der Waals surface area contributed by atoms with Gasteiger partial charge in [0.05, 0.1) is 12.4 Å². The highest BCUT2D eigenvalue weighted by Gasteiger charge is 2.02. The number of hydrogen-bond acceptors (Lipinski definition) is 3. The van der Waals surface area contributed by atoms with Gasteiger partial charge in [0, 0.05) is 26.6 Å². The first-order chi connectivity index (χ1) is 5.93. The van der Waals surface area contributed by atoms with Crippen LogP contribution in [0.1, 0.15) is 25.7 Å². The third kappa shape index (κ3) is 3.72. The molecule has 0 unspecified atom stereocenters. The van der Waals surface area contributed by atoms with Gasteiger partial charge in [-0.1, -0.05) is 6.42 Å². The zero-order valence-corrected chi connectivity index (χ0v) is 7.81. The first-order valence-corrected chi connectivity index (χ1v) is 4.69. The van der Waals surface area contributed by atoms with Crippen molar-refractivity contribution in [1.29, 1.82) is 0 Å². The van der Waals surface area contributed by atoms with Crippen LogP contribution < -0.4 is 5.32 Å². The molecule has 12 heavy (non-hydrogen) atoms. The summed E-state index contributed by atoms with van der Waals surface area (Å²) >= 11 is 0. The lowest BCUT2D eigenvalue weighted by molar-refractivity contribution is 0.204. The van der Waals surface area contributed by atoms with Crippen molar-refractivity contribution in [2.45, 2.75) is 25.7 Å². The summed E-state index contributed by atoms with van der Waals surface area (Å²) in [5, 5.41) is 3.29. The molecule has 1 N–H and O–H groups in total. The number of nitrogens with one attached hydrogen (secondary N) is 1. The Hall–Kier alpha value is -0.570. The third-order valence-corrected chi connectivity index (χ3v) is 2.01. The van der Waals surface area contributed by atoms with Gasteiger partial charge in [0.25, 0.3) is 0 Å². The van der Waals surface area contributed by atoms with Gasteiger partial charge >= 0.3 is 0 Å². The number of hydrogen-bond donors (Lipinski definition) is 1. The number of ether oxygens (including phenoxy) is 1. The molecule has 1 heterocycles. The van der Waals surface area contributed by atoms with Gasteiger partial charge in [-0.3, -0.25) is 4.99 Å². The molecule has 0 amide bonds. The van der Waals surface area contributed by atoms with Crippen LogP contribution >= 0.6 is 0 Å². The quantitative estimate of drug-likeness (QED) is 0.646. The molecule has 3 heteroatoms. The molecule has 1 rings (SSSR count). The summed E-state index contributed by atoms with van der Waals surface area (Å²) in [6.45, 7) is 2.64. The average molecular weight is 170 g/mol. The summed E-state index contributed by atoms with van der Waals surface area (Å²) in [6, 6.07) is 0. The molecule has 1 aliphatic rings.